The van der Waals surface area contributed by atoms with Crippen LogP contribution in [-0.2, 0) is 4.79 Å². The van der Waals surface area contributed by atoms with Gasteiger partial charge in [-0.05, 0) is 48.7 Å². The van der Waals surface area contributed by atoms with E-state index in [1.165, 1.54) is 6.20 Å². The van der Waals surface area contributed by atoms with Crippen molar-refractivity contribution >= 4 is 34.9 Å². The second kappa shape index (κ2) is 9.58. The monoisotopic (exact) mass is 457 g/mol. The maximum Gasteiger partial charge on any atom is 0.268 e. The van der Waals surface area contributed by atoms with Crippen LogP contribution in [-0.4, -0.2) is 40.1 Å². The first-order valence-electron chi connectivity index (χ1n) is 10.1. The summed E-state index contributed by atoms with van der Waals surface area (Å²) in [6.07, 6.45) is 3.93. The minimum atomic E-state index is -3.08. The number of hydrogen-bond acceptors (Lipinski definition) is 4. The zero-order valence-corrected chi connectivity index (χ0v) is 18.5. The van der Waals surface area contributed by atoms with Gasteiger partial charge in [0.15, 0.2) is 5.78 Å². The number of benzene rings is 1. The summed E-state index contributed by atoms with van der Waals surface area (Å²) in [7, 11) is 0. The van der Waals surface area contributed by atoms with Gasteiger partial charge in [-0.3, -0.25) is 14.6 Å². The Kier molecular flexibility index (Phi) is 7.05. The number of aryl methyl sites for hydroxylation is 1. The van der Waals surface area contributed by atoms with Crippen LogP contribution in [0.1, 0.15) is 53.2 Å². The van der Waals surface area contributed by atoms with Crippen LogP contribution in [0.5, 0.6) is 0 Å². The highest BCUT2D eigenvalue weighted by molar-refractivity contribution is 6.30. The average Bonchev–Trinajstić information content (AvgIpc) is 3.08. The van der Waals surface area contributed by atoms with E-state index in [1.807, 2.05) is 32.1 Å². The van der Waals surface area contributed by atoms with Crippen LogP contribution in [0.4, 0.5) is 8.78 Å². The molecule has 0 radical (unpaired) electrons. The predicted molar refractivity (Wildman–Crippen MR) is 118 cm³/mol. The lowest BCUT2D eigenvalue weighted by atomic mass is 9.95. The summed E-state index contributed by atoms with van der Waals surface area (Å²) in [6, 6.07) is 7.66. The third-order valence-corrected chi connectivity index (χ3v) is 5.69. The molecular weight excluding hydrogens is 436 g/mol. The highest BCUT2D eigenvalue weighted by Crippen LogP contribution is 2.32. The van der Waals surface area contributed by atoms with Gasteiger partial charge in [-0.1, -0.05) is 23.7 Å². The van der Waals surface area contributed by atoms with E-state index in [-0.39, 0.29) is 18.6 Å². The number of aromatic nitrogens is 1. The maximum atomic E-state index is 13.6. The van der Waals surface area contributed by atoms with Crippen molar-refractivity contribution in [1.29, 1.82) is 5.26 Å². The van der Waals surface area contributed by atoms with Crippen molar-refractivity contribution in [3.05, 3.63) is 63.9 Å². The normalized spacial score (nSPS) is 17.8. The van der Waals surface area contributed by atoms with Gasteiger partial charge in [0.05, 0.1) is 12.6 Å². The van der Waals surface area contributed by atoms with Crippen molar-refractivity contribution in [2.75, 3.05) is 6.54 Å². The van der Waals surface area contributed by atoms with Gasteiger partial charge in [-0.15, -0.1) is 0 Å². The predicted octanol–water partition coefficient (Wildman–Crippen LogP) is 5.33. The average molecular weight is 458 g/mol. The molecule has 2 aromatic rings. The third kappa shape index (κ3) is 5.38. The largest absolute Gasteiger partial charge is 0.320 e. The van der Waals surface area contributed by atoms with Crippen molar-refractivity contribution in [3.63, 3.8) is 0 Å². The van der Waals surface area contributed by atoms with Crippen LogP contribution in [0.15, 0.2) is 36.7 Å². The molecule has 5 nitrogen and oxygen atoms in total. The molecule has 3 rings (SSSR count). The molecule has 0 spiro atoms. The Bertz CT molecular complexity index is 1120. The highest BCUT2D eigenvalue weighted by Gasteiger charge is 2.47. The summed E-state index contributed by atoms with van der Waals surface area (Å²) in [5, 5.41) is 9.69. The fraction of sp³-hybridized carbons (Fsp3) is 0.333. The van der Waals surface area contributed by atoms with Gasteiger partial charge in [0.1, 0.15) is 6.04 Å². The van der Waals surface area contributed by atoms with Crippen molar-refractivity contribution in [3.8, 4) is 6.07 Å². The number of alkyl halides is 2. The van der Waals surface area contributed by atoms with Gasteiger partial charge in [0.2, 0.25) is 5.91 Å². The molecule has 0 saturated carbocycles. The van der Waals surface area contributed by atoms with E-state index in [0.717, 1.165) is 21.6 Å². The fourth-order valence-corrected chi connectivity index (χ4v) is 3.98. The van der Waals surface area contributed by atoms with Crippen LogP contribution >= 0.6 is 11.6 Å². The Morgan fingerprint density at radius 1 is 1.31 bits per heavy atom. The molecule has 1 aliphatic heterocycles. The molecular formula is C24H22ClF2N3O2. The molecule has 1 fully saturated rings. The number of amides is 1. The topological polar surface area (TPSA) is 74.1 Å². The van der Waals surface area contributed by atoms with Crippen LogP contribution < -0.4 is 0 Å². The Hall–Kier alpha value is -3.11. The molecule has 0 aliphatic carbocycles. The molecule has 166 valence electrons. The quantitative estimate of drug-likeness (QED) is 0.550. The number of allylic oxidation sites excluding steroid dienone is 1. The Labute approximate surface area is 190 Å². The van der Waals surface area contributed by atoms with E-state index in [1.54, 1.807) is 24.4 Å². The number of nitrogens with zero attached hydrogens (tertiary/aromatic N) is 3. The Balaban J connectivity index is 1.75. The van der Waals surface area contributed by atoms with Crippen LogP contribution in [0.2, 0.25) is 5.02 Å². The van der Waals surface area contributed by atoms with Gasteiger partial charge in [-0.2, -0.15) is 5.26 Å². The number of likely N-dealkylation sites (tertiary alicyclic amines) is 1. The first-order chi connectivity index (χ1) is 15.1. The lowest BCUT2D eigenvalue weighted by molar-refractivity contribution is -0.132. The van der Waals surface area contributed by atoms with E-state index in [0.29, 0.717) is 16.1 Å². The van der Waals surface area contributed by atoms with Crippen molar-refractivity contribution in [2.45, 2.75) is 45.1 Å². The number of carbonyl (C=O) groups is 2. The number of rotatable bonds is 6. The van der Waals surface area contributed by atoms with Crippen LogP contribution in [0, 0.1) is 18.3 Å². The highest BCUT2D eigenvalue weighted by atomic mass is 35.5. The Morgan fingerprint density at radius 3 is 2.75 bits per heavy atom. The number of Topliss-reactive ketones (excluding diaryl/α,β-unsaturated/α-hetero) is 1. The van der Waals surface area contributed by atoms with E-state index >= 15 is 0 Å². The van der Waals surface area contributed by atoms with Crippen molar-refractivity contribution < 1.29 is 18.4 Å². The van der Waals surface area contributed by atoms with Crippen molar-refractivity contribution in [2.24, 2.45) is 0 Å². The number of ketones is 1. The Morgan fingerprint density at radius 2 is 2.06 bits per heavy atom. The molecule has 1 saturated heterocycles. The fourth-order valence-electron chi connectivity index (χ4n) is 3.76. The molecule has 0 N–H and O–H groups in total. The molecule has 2 heterocycles. The molecule has 0 unspecified atom stereocenters. The second-order valence-electron chi connectivity index (χ2n) is 7.90. The third-order valence-electron chi connectivity index (χ3n) is 5.46. The van der Waals surface area contributed by atoms with E-state index < -0.39 is 30.8 Å². The van der Waals surface area contributed by atoms with E-state index in [4.69, 9.17) is 16.9 Å². The van der Waals surface area contributed by atoms with Gasteiger partial charge in [0.25, 0.3) is 5.92 Å². The van der Waals surface area contributed by atoms with E-state index in [9.17, 15) is 18.4 Å². The summed E-state index contributed by atoms with van der Waals surface area (Å²) in [5.41, 5.74) is 3.76. The first kappa shape index (κ1) is 23.6. The van der Waals surface area contributed by atoms with Crippen LogP contribution in [0.25, 0.3) is 11.6 Å². The number of nitriles is 1. The van der Waals surface area contributed by atoms with Crippen molar-refractivity contribution in [1.82, 2.24) is 9.88 Å². The lowest BCUT2D eigenvalue weighted by Gasteiger charge is -2.19. The van der Waals surface area contributed by atoms with Gasteiger partial charge < -0.3 is 4.90 Å². The standard InChI is InChI=1S/C24H22ClF2N3O2/c1-15-10-18(25)4-3-17(15)9-16(2)21-13-29-8-7-20(21)22(31)5-6-23(32)30-14-24(26,27)11-19(30)12-28/h3-4,7-10,13,19H,5-6,11,14H2,1-2H3/b16-9+/t19-/m0/s1. The number of halogens is 3. The molecule has 32 heavy (non-hydrogen) atoms. The molecule has 0 bridgehead atoms. The molecule has 1 aliphatic rings. The molecule has 1 aromatic heterocycles. The maximum absolute atomic E-state index is 13.6. The number of hydrogen-bond donors (Lipinski definition) is 0. The zero-order chi connectivity index (χ0) is 23.5. The smallest absolute Gasteiger partial charge is 0.268 e. The molecule has 1 amide bonds. The summed E-state index contributed by atoms with van der Waals surface area (Å²) >= 11 is 6.01. The summed E-state index contributed by atoms with van der Waals surface area (Å²) in [6.45, 7) is 3.00. The van der Waals surface area contributed by atoms with E-state index in [2.05, 4.69) is 4.98 Å². The first-order valence-corrected chi connectivity index (χ1v) is 10.5. The molecule has 1 atom stereocenters. The number of pyridine rings is 1. The zero-order valence-electron chi connectivity index (χ0n) is 17.7. The minimum Gasteiger partial charge on any atom is -0.320 e. The molecule has 8 heteroatoms. The van der Waals surface area contributed by atoms with Gasteiger partial charge in [0, 0.05) is 47.8 Å². The number of carbonyl (C=O) groups excluding carboxylic acids is 2. The van der Waals surface area contributed by atoms with Crippen LogP contribution in [0.3, 0.4) is 0 Å². The van der Waals surface area contributed by atoms with Gasteiger partial charge >= 0.3 is 0 Å². The summed E-state index contributed by atoms with van der Waals surface area (Å²) < 4.78 is 27.2. The lowest BCUT2D eigenvalue weighted by Crippen LogP contribution is -2.36. The minimum absolute atomic E-state index is 0.149. The molecule has 1 aromatic carbocycles. The summed E-state index contributed by atoms with van der Waals surface area (Å²) in [5.74, 6) is -4.00. The second-order valence-corrected chi connectivity index (χ2v) is 8.34. The summed E-state index contributed by atoms with van der Waals surface area (Å²) in [4.78, 5) is 30.3. The SMILES string of the molecule is C/C(=C\c1ccc(Cl)cc1C)c1cnccc1C(=O)CCC(=O)N1CC(F)(F)C[C@H]1C#N. The van der Waals surface area contributed by atoms with Gasteiger partial charge in [-0.25, -0.2) is 8.78 Å².